The summed E-state index contributed by atoms with van der Waals surface area (Å²) in [4.78, 5) is 4.57. The molecule has 0 amide bonds. The fraction of sp³-hybridized carbons (Fsp3) is 0.500. The standard InChI is InChI=1S/C14H17NO2S/c1-9-15-14-12(17-10-5-3-4-6-10)7-11(16-2)8-13(14)18-9/h7-8,10H,3-6H2,1-2H3. The number of rotatable bonds is 3. The summed E-state index contributed by atoms with van der Waals surface area (Å²) in [5.74, 6) is 1.72. The molecule has 0 spiro atoms. The zero-order chi connectivity index (χ0) is 12.5. The number of nitrogens with zero attached hydrogens (tertiary/aromatic N) is 1. The van der Waals surface area contributed by atoms with Crippen LogP contribution in [-0.2, 0) is 0 Å². The number of aryl methyl sites for hydroxylation is 1. The number of thiazole rings is 1. The van der Waals surface area contributed by atoms with Crippen LogP contribution in [-0.4, -0.2) is 18.2 Å². The fourth-order valence-electron chi connectivity index (χ4n) is 2.48. The summed E-state index contributed by atoms with van der Waals surface area (Å²) in [5.41, 5.74) is 0.977. The van der Waals surface area contributed by atoms with Crippen LogP contribution < -0.4 is 9.47 Å². The van der Waals surface area contributed by atoms with Crippen molar-refractivity contribution >= 4 is 21.6 Å². The molecule has 0 radical (unpaired) electrons. The Balaban J connectivity index is 2.01. The summed E-state index contributed by atoms with van der Waals surface area (Å²) in [6.07, 6.45) is 5.20. The van der Waals surface area contributed by atoms with Crippen LogP contribution in [0.5, 0.6) is 11.5 Å². The van der Waals surface area contributed by atoms with E-state index < -0.39 is 0 Å². The third-order valence-electron chi connectivity index (χ3n) is 3.37. The lowest BCUT2D eigenvalue weighted by Gasteiger charge is -2.14. The van der Waals surface area contributed by atoms with Crippen molar-refractivity contribution in [1.29, 1.82) is 0 Å². The normalized spacial score (nSPS) is 16.3. The predicted octanol–water partition coefficient (Wildman–Crippen LogP) is 3.93. The van der Waals surface area contributed by atoms with Gasteiger partial charge in [-0.3, -0.25) is 0 Å². The summed E-state index contributed by atoms with van der Waals surface area (Å²) < 4.78 is 12.6. The molecule has 0 unspecified atom stereocenters. The zero-order valence-corrected chi connectivity index (χ0v) is 11.5. The van der Waals surface area contributed by atoms with Gasteiger partial charge in [-0.2, -0.15) is 0 Å². The molecule has 0 bridgehead atoms. The van der Waals surface area contributed by atoms with Crippen LogP contribution in [0.25, 0.3) is 10.2 Å². The maximum atomic E-state index is 6.11. The average molecular weight is 263 g/mol. The molecule has 1 aliphatic rings. The molecule has 3 rings (SSSR count). The highest BCUT2D eigenvalue weighted by molar-refractivity contribution is 7.18. The fourth-order valence-corrected chi connectivity index (χ4v) is 3.35. The van der Waals surface area contributed by atoms with Gasteiger partial charge in [0.1, 0.15) is 11.3 Å². The molecule has 0 saturated heterocycles. The minimum atomic E-state index is 0.349. The first-order valence-corrected chi connectivity index (χ1v) is 7.20. The summed E-state index contributed by atoms with van der Waals surface area (Å²) in [6, 6.07) is 3.99. The highest BCUT2D eigenvalue weighted by Crippen LogP contribution is 2.36. The van der Waals surface area contributed by atoms with Crippen LogP contribution in [0.3, 0.4) is 0 Å². The number of fused-ring (bicyclic) bond motifs is 1. The van der Waals surface area contributed by atoms with Crippen molar-refractivity contribution in [2.75, 3.05) is 7.11 Å². The Labute approximate surface area is 111 Å². The first kappa shape index (κ1) is 11.8. The molecular weight excluding hydrogens is 246 g/mol. The molecule has 1 fully saturated rings. The van der Waals surface area contributed by atoms with Gasteiger partial charge in [0.25, 0.3) is 0 Å². The van der Waals surface area contributed by atoms with Crippen LogP contribution in [0.4, 0.5) is 0 Å². The average Bonchev–Trinajstić information content (AvgIpc) is 2.97. The number of ether oxygens (including phenoxy) is 2. The third kappa shape index (κ3) is 2.17. The van der Waals surface area contributed by atoms with E-state index in [-0.39, 0.29) is 0 Å². The molecule has 4 heteroatoms. The van der Waals surface area contributed by atoms with E-state index in [1.165, 1.54) is 12.8 Å². The van der Waals surface area contributed by atoms with Gasteiger partial charge < -0.3 is 9.47 Å². The molecule has 0 aliphatic heterocycles. The SMILES string of the molecule is COc1cc(OC2CCCC2)c2nc(C)sc2c1. The lowest BCUT2D eigenvalue weighted by molar-refractivity contribution is 0.211. The Hall–Kier alpha value is -1.29. The summed E-state index contributed by atoms with van der Waals surface area (Å²) in [7, 11) is 1.69. The molecule has 96 valence electrons. The monoisotopic (exact) mass is 263 g/mol. The van der Waals surface area contributed by atoms with Gasteiger partial charge in [0.2, 0.25) is 0 Å². The Morgan fingerprint density at radius 1 is 1.28 bits per heavy atom. The van der Waals surface area contributed by atoms with Crippen LogP contribution >= 0.6 is 11.3 Å². The van der Waals surface area contributed by atoms with E-state index in [2.05, 4.69) is 4.98 Å². The largest absolute Gasteiger partial charge is 0.497 e. The highest BCUT2D eigenvalue weighted by Gasteiger charge is 2.19. The molecule has 1 aromatic carbocycles. The molecule has 0 N–H and O–H groups in total. The second-order valence-corrected chi connectivity index (χ2v) is 5.96. The molecule has 1 aliphatic carbocycles. The van der Waals surface area contributed by atoms with Crippen molar-refractivity contribution in [2.45, 2.75) is 38.7 Å². The Bertz CT molecular complexity index is 558. The Morgan fingerprint density at radius 2 is 2.06 bits per heavy atom. The number of methoxy groups -OCH3 is 1. The minimum Gasteiger partial charge on any atom is -0.497 e. The second kappa shape index (κ2) is 4.76. The van der Waals surface area contributed by atoms with E-state index in [9.17, 15) is 0 Å². The summed E-state index contributed by atoms with van der Waals surface area (Å²) in [5, 5.41) is 1.06. The number of hydrogen-bond acceptors (Lipinski definition) is 4. The van der Waals surface area contributed by atoms with E-state index in [0.29, 0.717) is 6.10 Å². The maximum absolute atomic E-state index is 6.11. The highest BCUT2D eigenvalue weighted by atomic mass is 32.1. The Morgan fingerprint density at radius 3 is 2.78 bits per heavy atom. The molecule has 18 heavy (non-hydrogen) atoms. The van der Waals surface area contributed by atoms with Crippen LogP contribution in [0.2, 0.25) is 0 Å². The van der Waals surface area contributed by atoms with Crippen molar-refractivity contribution < 1.29 is 9.47 Å². The van der Waals surface area contributed by atoms with E-state index in [0.717, 1.165) is 39.6 Å². The van der Waals surface area contributed by atoms with Crippen molar-refractivity contribution in [3.63, 3.8) is 0 Å². The van der Waals surface area contributed by atoms with Gasteiger partial charge in [0.05, 0.1) is 22.9 Å². The van der Waals surface area contributed by atoms with E-state index in [1.54, 1.807) is 18.4 Å². The third-order valence-corrected chi connectivity index (χ3v) is 4.29. The topological polar surface area (TPSA) is 31.4 Å². The summed E-state index contributed by atoms with van der Waals surface area (Å²) in [6.45, 7) is 2.02. The zero-order valence-electron chi connectivity index (χ0n) is 10.7. The maximum Gasteiger partial charge on any atom is 0.150 e. The molecule has 2 aromatic rings. The van der Waals surface area contributed by atoms with Gasteiger partial charge in [-0.05, 0) is 38.7 Å². The van der Waals surface area contributed by atoms with Crippen molar-refractivity contribution in [1.82, 2.24) is 4.98 Å². The van der Waals surface area contributed by atoms with Gasteiger partial charge in [0, 0.05) is 6.07 Å². The lowest BCUT2D eigenvalue weighted by atomic mass is 10.2. The molecule has 3 nitrogen and oxygen atoms in total. The summed E-state index contributed by atoms with van der Waals surface area (Å²) >= 11 is 1.68. The molecular formula is C14H17NO2S. The minimum absolute atomic E-state index is 0.349. The van der Waals surface area contributed by atoms with Gasteiger partial charge >= 0.3 is 0 Å². The van der Waals surface area contributed by atoms with Crippen molar-refractivity contribution in [3.05, 3.63) is 17.1 Å². The predicted molar refractivity (Wildman–Crippen MR) is 73.8 cm³/mol. The number of aromatic nitrogens is 1. The van der Waals surface area contributed by atoms with Crippen molar-refractivity contribution in [2.24, 2.45) is 0 Å². The smallest absolute Gasteiger partial charge is 0.150 e. The van der Waals surface area contributed by atoms with Crippen LogP contribution in [0.15, 0.2) is 12.1 Å². The van der Waals surface area contributed by atoms with Gasteiger partial charge in [-0.25, -0.2) is 4.98 Å². The molecule has 1 heterocycles. The molecule has 1 saturated carbocycles. The van der Waals surface area contributed by atoms with E-state index in [4.69, 9.17) is 9.47 Å². The lowest BCUT2D eigenvalue weighted by Crippen LogP contribution is -2.11. The number of benzene rings is 1. The second-order valence-electron chi connectivity index (χ2n) is 4.73. The quantitative estimate of drug-likeness (QED) is 0.840. The van der Waals surface area contributed by atoms with Gasteiger partial charge in [-0.15, -0.1) is 11.3 Å². The van der Waals surface area contributed by atoms with Crippen molar-refractivity contribution in [3.8, 4) is 11.5 Å². The van der Waals surface area contributed by atoms with Gasteiger partial charge in [-0.1, -0.05) is 0 Å². The van der Waals surface area contributed by atoms with Gasteiger partial charge in [0.15, 0.2) is 5.75 Å². The van der Waals surface area contributed by atoms with Crippen LogP contribution in [0, 0.1) is 6.92 Å². The first-order chi connectivity index (χ1) is 8.76. The van der Waals surface area contributed by atoms with Crippen LogP contribution in [0.1, 0.15) is 30.7 Å². The number of hydrogen-bond donors (Lipinski definition) is 0. The first-order valence-electron chi connectivity index (χ1n) is 6.38. The Kier molecular flexibility index (Phi) is 3.12. The molecule has 1 aromatic heterocycles. The van der Waals surface area contributed by atoms with E-state index >= 15 is 0 Å². The van der Waals surface area contributed by atoms with E-state index in [1.807, 2.05) is 19.1 Å². The molecule has 0 atom stereocenters.